The molecule has 1 rings (SSSR count). The summed E-state index contributed by atoms with van der Waals surface area (Å²) in [5.41, 5.74) is 0. The number of carbonyl (C=O) groups excluding carboxylic acids is 2. The summed E-state index contributed by atoms with van der Waals surface area (Å²) in [6.45, 7) is 7.07. The molecule has 0 aromatic carbocycles. The smallest absolute Gasteiger partial charge is 0.307 e. The van der Waals surface area contributed by atoms with Crippen LogP contribution in [0, 0.1) is 11.8 Å². The summed E-state index contributed by atoms with van der Waals surface area (Å²) in [5, 5.41) is 3.26. The van der Waals surface area contributed by atoms with Crippen LogP contribution >= 0.6 is 12.4 Å². The van der Waals surface area contributed by atoms with Crippen molar-refractivity contribution in [2.24, 2.45) is 11.8 Å². The highest BCUT2D eigenvalue weighted by atomic mass is 35.5. The fraction of sp³-hybridized carbons (Fsp3) is 0.857. The number of nitrogens with zero attached hydrogens (tertiary/aromatic N) is 1. The van der Waals surface area contributed by atoms with Crippen LogP contribution in [0.4, 0.5) is 0 Å². The summed E-state index contributed by atoms with van der Waals surface area (Å²) in [4.78, 5) is 25.5. The van der Waals surface area contributed by atoms with Gasteiger partial charge in [-0.25, -0.2) is 0 Å². The summed E-state index contributed by atoms with van der Waals surface area (Å²) >= 11 is 0. The Labute approximate surface area is 127 Å². The molecule has 0 aliphatic carbocycles. The monoisotopic (exact) mass is 306 g/mol. The molecule has 1 aliphatic heterocycles. The zero-order valence-corrected chi connectivity index (χ0v) is 13.5. The Hall–Kier alpha value is -0.810. The molecule has 6 heteroatoms. The first-order chi connectivity index (χ1) is 9.04. The van der Waals surface area contributed by atoms with Crippen LogP contribution < -0.4 is 5.32 Å². The Morgan fingerprint density at radius 2 is 2.10 bits per heavy atom. The van der Waals surface area contributed by atoms with Crippen molar-refractivity contribution in [1.82, 2.24) is 10.2 Å². The first-order valence-electron chi connectivity index (χ1n) is 7.11. The zero-order valence-electron chi connectivity index (χ0n) is 12.7. The lowest BCUT2D eigenvalue weighted by molar-refractivity contribution is -0.142. The molecule has 1 heterocycles. The number of amides is 1. The van der Waals surface area contributed by atoms with Gasteiger partial charge in [0.1, 0.15) is 0 Å². The number of carbonyl (C=O) groups is 2. The predicted molar refractivity (Wildman–Crippen MR) is 80.9 cm³/mol. The van der Waals surface area contributed by atoms with E-state index in [9.17, 15) is 9.59 Å². The minimum absolute atomic E-state index is 0. The molecular weight excluding hydrogens is 280 g/mol. The van der Waals surface area contributed by atoms with Gasteiger partial charge in [-0.15, -0.1) is 12.4 Å². The molecule has 0 bridgehead atoms. The van der Waals surface area contributed by atoms with Gasteiger partial charge in [0.15, 0.2) is 0 Å². The van der Waals surface area contributed by atoms with E-state index in [1.54, 1.807) is 0 Å². The van der Waals surface area contributed by atoms with E-state index < -0.39 is 0 Å². The number of esters is 1. The highest BCUT2D eigenvalue weighted by Gasteiger charge is 2.26. The van der Waals surface area contributed by atoms with Crippen LogP contribution in [0.15, 0.2) is 0 Å². The largest absolute Gasteiger partial charge is 0.469 e. The van der Waals surface area contributed by atoms with Gasteiger partial charge in [-0.3, -0.25) is 9.59 Å². The number of methoxy groups -OCH3 is 1. The molecule has 118 valence electrons. The van der Waals surface area contributed by atoms with Gasteiger partial charge in [-0.1, -0.05) is 13.8 Å². The first kappa shape index (κ1) is 19.2. The molecule has 0 radical (unpaired) electrons. The maximum absolute atomic E-state index is 12.5. The van der Waals surface area contributed by atoms with Gasteiger partial charge in [-0.2, -0.15) is 0 Å². The minimum atomic E-state index is -0.261. The third kappa shape index (κ3) is 6.57. The van der Waals surface area contributed by atoms with Crippen molar-refractivity contribution in [2.45, 2.75) is 33.1 Å². The molecule has 1 amide bonds. The Morgan fingerprint density at radius 3 is 2.60 bits per heavy atom. The molecule has 0 aromatic rings. The number of halogens is 1. The van der Waals surface area contributed by atoms with Crippen LogP contribution in [0.1, 0.15) is 33.1 Å². The molecule has 20 heavy (non-hydrogen) atoms. The van der Waals surface area contributed by atoms with Crippen molar-refractivity contribution in [1.29, 1.82) is 0 Å². The SMILES string of the molecule is COC(=O)CCN(CC(C)C)C(=O)C1CCCNC1.Cl. The second kappa shape index (κ2) is 10.00. The lowest BCUT2D eigenvalue weighted by Crippen LogP contribution is -2.45. The molecule has 1 N–H and O–H groups in total. The molecule has 1 atom stereocenters. The van der Waals surface area contributed by atoms with Gasteiger partial charge in [0, 0.05) is 19.6 Å². The van der Waals surface area contributed by atoms with Gasteiger partial charge < -0.3 is 15.0 Å². The summed E-state index contributed by atoms with van der Waals surface area (Å²) in [7, 11) is 1.38. The quantitative estimate of drug-likeness (QED) is 0.755. The third-order valence-corrected chi connectivity index (χ3v) is 3.36. The number of rotatable bonds is 6. The molecule has 5 nitrogen and oxygen atoms in total. The Morgan fingerprint density at radius 1 is 1.40 bits per heavy atom. The summed E-state index contributed by atoms with van der Waals surface area (Å²) in [5.74, 6) is 0.372. The maximum atomic E-state index is 12.5. The summed E-state index contributed by atoms with van der Waals surface area (Å²) in [6.07, 6.45) is 2.26. The first-order valence-corrected chi connectivity index (χ1v) is 7.11. The van der Waals surface area contributed by atoms with Gasteiger partial charge in [0.25, 0.3) is 0 Å². The van der Waals surface area contributed by atoms with E-state index in [-0.39, 0.29) is 36.6 Å². The van der Waals surface area contributed by atoms with E-state index >= 15 is 0 Å². The van der Waals surface area contributed by atoms with Crippen molar-refractivity contribution in [3.63, 3.8) is 0 Å². The molecule has 1 unspecified atom stereocenters. The highest BCUT2D eigenvalue weighted by Crippen LogP contribution is 2.15. The minimum Gasteiger partial charge on any atom is -0.469 e. The topological polar surface area (TPSA) is 58.6 Å². The molecule has 1 fully saturated rings. The van der Waals surface area contributed by atoms with E-state index in [0.717, 1.165) is 25.9 Å². The number of hydrogen-bond acceptors (Lipinski definition) is 4. The van der Waals surface area contributed by atoms with Crippen LogP contribution in [0.25, 0.3) is 0 Å². The number of piperidine rings is 1. The molecule has 0 spiro atoms. The summed E-state index contributed by atoms with van der Waals surface area (Å²) < 4.78 is 4.64. The Kier molecular flexibility index (Phi) is 9.59. The lowest BCUT2D eigenvalue weighted by Gasteiger charge is -2.30. The van der Waals surface area contributed by atoms with Crippen molar-refractivity contribution in [3.8, 4) is 0 Å². The van der Waals surface area contributed by atoms with Crippen molar-refractivity contribution >= 4 is 24.3 Å². The third-order valence-electron chi connectivity index (χ3n) is 3.36. The van der Waals surface area contributed by atoms with E-state index in [2.05, 4.69) is 23.9 Å². The second-order valence-corrected chi connectivity index (χ2v) is 5.55. The number of nitrogens with one attached hydrogen (secondary N) is 1. The standard InChI is InChI=1S/C14H26N2O3.ClH/c1-11(2)10-16(8-6-13(17)19-3)14(18)12-5-4-7-15-9-12;/h11-12,15H,4-10H2,1-3H3;1H. The Bertz CT molecular complexity index is 305. The second-order valence-electron chi connectivity index (χ2n) is 5.55. The van der Waals surface area contributed by atoms with E-state index in [4.69, 9.17) is 0 Å². The normalized spacial score (nSPS) is 18.3. The van der Waals surface area contributed by atoms with Gasteiger partial charge in [0.2, 0.25) is 5.91 Å². The average Bonchev–Trinajstić information content (AvgIpc) is 2.42. The van der Waals surface area contributed by atoms with E-state index in [0.29, 0.717) is 19.0 Å². The molecular formula is C14H27ClN2O3. The average molecular weight is 307 g/mol. The van der Waals surface area contributed by atoms with Crippen LogP contribution in [0.3, 0.4) is 0 Å². The van der Waals surface area contributed by atoms with Crippen LogP contribution in [-0.2, 0) is 14.3 Å². The van der Waals surface area contributed by atoms with Crippen molar-refractivity contribution < 1.29 is 14.3 Å². The molecule has 1 saturated heterocycles. The van der Waals surface area contributed by atoms with Crippen LogP contribution in [0.2, 0.25) is 0 Å². The fourth-order valence-corrected chi connectivity index (χ4v) is 2.38. The highest BCUT2D eigenvalue weighted by molar-refractivity contribution is 5.85. The van der Waals surface area contributed by atoms with Crippen LogP contribution in [0.5, 0.6) is 0 Å². The van der Waals surface area contributed by atoms with Gasteiger partial charge >= 0.3 is 5.97 Å². The van der Waals surface area contributed by atoms with E-state index in [1.807, 2.05) is 4.90 Å². The molecule has 0 aromatic heterocycles. The van der Waals surface area contributed by atoms with Gasteiger partial charge in [-0.05, 0) is 25.3 Å². The fourth-order valence-electron chi connectivity index (χ4n) is 2.38. The van der Waals surface area contributed by atoms with Gasteiger partial charge in [0.05, 0.1) is 19.4 Å². The van der Waals surface area contributed by atoms with Crippen molar-refractivity contribution in [2.75, 3.05) is 33.3 Å². The van der Waals surface area contributed by atoms with Crippen molar-refractivity contribution in [3.05, 3.63) is 0 Å². The number of ether oxygens (including phenoxy) is 1. The van der Waals surface area contributed by atoms with Crippen LogP contribution in [-0.4, -0.2) is 50.1 Å². The zero-order chi connectivity index (χ0) is 14.3. The molecule has 0 saturated carbocycles. The summed E-state index contributed by atoms with van der Waals surface area (Å²) in [6, 6.07) is 0. The van der Waals surface area contributed by atoms with E-state index in [1.165, 1.54) is 7.11 Å². The predicted octanol–water partition coefficient (Wildman–Crippen LogP) is 1.46. The number of hydrogen-bond donors (Lipinski definition) is 1. The lowest BCUT2D eigenvalue weighted by atomic mass is 9.97. The molecule has 1 aliphatic rings. The Balaban J connectivity index is 0.00000361. The maximum Gasteiger partial charge on any atom is 0.307 e.